The second-order valence-electron chi connectivity index (χ2n) is 2.69. The van der Waals surface area contributed by atoms with Crippen LogP contribution in [-0.4, -0.2) is 20.7 Å². The van der Waals surface area contributed by atoms with Crippen molar-refractivity contribution in [3.8, 4) is 17.2 Å². The first-order valence-corrected chi connectivity index (χ1v) is 4.05. The highest BCUT2D eigenvalue weighted by Crippen LogP contribution is 2.34. The molecule has 0 bridgehead atoms. The number of benzene rings is 1. The van der Waals surface area contributed by atoms with Crippen LogP contribution in [-0.2, 0) is 4.79 Å². The van der Waals surface area contributed by atoms with Gasteiger partial charge < -0.3 is 14.2 Å². The summed E-state index contributed by atoms with van der Waals surface area (Å²) >= 11 is 0. The van der Waals surface area contributed by atoms with E-state index in [1.54, 1.807) is 19.2 Å². The lowest BCUT2D eigenvalue weighted by atomic mass is 10.2. The molecule has 0 aliphatic rings. The molecule has 0 radical (unpaired) electrons. The summed E-state index contributed by atoms with van der Waals surface area (Å²) in [6, 6.07) is 3.42. The first kappa shape index (κ1) is 10.4. The Morgan fingerprint density at radius 2 is 1.93 bits per heavy atom. The van der Waals surface area contributed by atoms with Crippen LogP contribution in [0.3, 0.4) is 0 Å². The molecule has 1 aromatic carbocycles. The van der Waals surface area contributed by atoms with E-state index in [1.165, 1.54) is 7.11 Å². The highest BCUT2D eigenvalue weighted by Gasteiger charge is 2.10. The van der Waals surface area contributed by atoms with Gasteiger partial charge in [-0.2, -0.15) is 0 Å². The first-order chi connectivity index (χ1) is 6.72. The number of ether oxygens (including phenoxy) is 3. The van der Waals surface area contributed by atoms with Gasteiger partial charge in [-0.3, -0.25) is 4.79 Å². The van der Waals surface area contributed by atoms with Crippen LogP contribution in [0.5, 0.6) is 17.2 Å². The topological polar surface area (TPSA) is 44.8 Å². The molecule has 4 heteroatoms. The lowest BCUT2D eigenvalue weighted by molar-refractivity contribution is -0.120. The van der Waals surface area contributed by atoms with Crippen LogP contribution in [0.1, 0.15) is 5.56 Å². The van der Waals surface area contributed by atoms with Crippen molar-refractivity contribution in [2.24, 2.45) is 0 Å². The van der Waals surface area contributed by atoms with E-state index in [0.717, 1.165) is 5.56 Å². The van der Waals surface area contributed by atoms with Crippen molar-refractivity contribution in [3.05, 3.63) is 17.7 Å². The number of hydrogen-bond acceptors (Lipinski definition) is 4. The molecule has 0 saturated carbocycles. The van der Waals surface area contributed by atoms with Crippen LogP contribution in [0.2, 0.25) is 0 Å². The third-order valence-electron chi connectivity index (χ3n) is 1.84. The summed E-state index contributed by atoms with van der Waals surface area (Å²) in [5, 5.41) is 0. The molecule has 0 amide bonds. The molecule has 0 heterocycles. The average molecular weight is 196 g/mol. The Morgan fingerprint density at radius 1 is 1.21 bits per heavy atom. The van der Waals surface area contributed by atoms with E-state index in [4.69, 9.17) is 14.2 Å². The van der Waals surface area contributed by atoms with Crippen molar-refractivity contribution in [2.45, 2.75) is 6.92 Å². The van der Waals surface area contributed by atoms with Crippen molar-refractivity contribution in [3.63, 3.8) is 0 Å². The molecule has 0 aliphatic heterocycles. The van der Waals surface area contributed by atoms with Crippen molar-refractivity contribution < 1.29 is 19.0 Å². The standard InChI is InChI=1S/C10H12O4/c1-7-4-8(12-2)5-9(13-3)10(7)14-6-11/h4-6H,1-3H3. The van der Waals surface area contributed by atoms with Gasteiger partial charge in [0.05, 0.1) is 14.2 Å². The maximum absolute atomic E-state index is 10.2. The minimum atomic E-state index is 0.372. The van der Waals surface area contributed by atoms with Crippen LogP contribution in [0.4, 0.5) is 0 Å². The number of methoxy groups -OCH3 is 2. The molecule has 0 fully saturated rings. The zero-order valence-electron chi connectivity index (χ0n) is 8.37. The van der Waals surface area contributed by atoms with E-state index in [9.17, 15) is 4.79 Å². The van der Waals surface area contributed by atoms with E-state index in [2.05, 4.69) is 0 Å². The minimum absolute atomic E-state index is 0.372. The van der Waals surface area contributed by atoms with E-state index in [0.29, 0.717) is 23.7 Å². The van der Waals surface area contributed by atoms with Crippen molar-refractivity contribution >= 4 is 6.47 Å². The molecule has 0 unspecified atom stereocenters. The van der Waals surface area contributed by atoms with Crippen molar-refractivity contribution in [2.75, 3.05) is 14.2 Å². The van der Waals surface area contributed by atoms with E-state index in [1.807, 2.05) is 6.92 Å². The molecule has 1 aromatic rings. The normalized spacial score (nSPS) is 9.36. The van der Waals surface area contributed by atoms with Gasteiger partial charge >= 0.3 is 0 Å². The summed E-state index contributed by atoms with van der Waals surface area (Å²) in [4.78, 5) is 10.2. The van der Waals surface area contributed by atoms with Gasteiger partial charge in [0, 0.05) is 6.07 Å². The summed E-state index contributed by atoms with van der Waals surface area (Å²) in [7, 11) is 3.07. The Kier molecular flexibility index (Phi) is 3.34. The first-order valence-electron chi connectivity index (χ1n) is 4.05. The molecular weight excluding hydrogens is 184 g/mol. The molecule has 76 valence electrons. The van der Waals surface area contributed by atoms with Crippen LogP contribution in [0.25, 0.3) is 0 Å². The number of hydrogen-bond donors (Lipinski definition) is 0. The maximum atomic E-state index is 10.2. The Bertz CT molecular complexity index is 333. The summed E-state index contributed by atoms with van der Waals surface area (Å²) in [6.07, 6.45) is 0. The molecule has 1 rings (SSSR count). The van der Waals surface area contributed by atoms with Gasteiger partial charge in [0.1, 0.15) is 5.75 Å². The van der Waals surface area contributed by atoms with Gasteiger partial charge in [-0.25, -0.2) is 0 Å². The number of rotatable bonds is 4. The molecule has 0 saturated heterocycles. The lowest BCUT2D eigenvalue weighted by Crippen LogP contribution is -1.97. The fourth-order valence-electron chi connectivity index (χ4n) is 1.18. The largest absolute Gasteiger partial charge is 0.497 e. The second kappa shape index (κ2) is 4.50. The van der Waals surface area contributed by atoms with E-state index >= 15 is 0 Å². The zero-order chi connectivity index (χ0) is 10.6. The van der Waals surface area contributed by atoms with Crippen LogP contribution in [0.15, 0.2) is 12.1 Å². The van der Waals surface area contributed by atoms with Gasteiger partial charge in [-0.15, -0.1) is 0 Å². The predicted molar refractivity (Wildman–Crippen MR) is 51.0 cm³/mol. The number of carbonyl (C=O) groups is 1. The summed E-state index contributed by atoms with van der Waals surface area (Å²) in [5.74, 6) is 1.56. The third-order valence-corrected chi connectivity index (χ3v) is 1.84. The fourth-order valence-corrected chi connectivity index (χ4v) is 1.18. The van der Waals surface area contributed by atoms with Crippen LogP contribution in [0, 0.1) is 6.92 Å². The van der Waals surface area contributed by atoms with Crippen molar-refractivity contribution in [1.29, 1.82) is 0 Å². The van der Waals surface area contributed by atoms with Gasteiger partial charge in [0.2, 0.25) is 0 Å². The van der Waals surface area contributed by atoms with E-state index < -0.39 is 0 Å². The van der Waals surface area contributed by atoms with Crippen LogP contribution >= 0.6 is 0 Å². The van der Waals surface area contributed by atoms with Crippen molar-refractivity contribution in [1.82, 2.24) is 0 Å². The van der Waals surface area contributed by atoms with Gasteiger partial charge in [0.25, 0.3) is 6.47 Å². The molecule has 4 nitrogen and oxygen atoms in total. The number of carbonyl (C=O) groups excluding carboxylic acids is 1. The highest BCUT2D eigenvalue weighted by atomic mass is 16.5. The van der Waals surface area contributed by atoms with Crippen LogP contribution < -0.4 is 14.2 Å². The zero-order valence-corrected chi connectivity index (χ0v) is 8.37. The maximum Gasteiger partial charge on any atom is 0.298 e. The third kappa shape index (κ3) is 1.96. The fraction of sp³-hybridized carbons (Fsp3) is 0.300. The summed E-state index contributed by atoms with van der Waals surface area (Å²) in [6.45, 7) is 2.18. The molecule has 14 heavy (non-hydrogen) atoms. The second-order valence-corrected chi connectivity index (χ2v) is 2.69. The van der Waals surface area contributed by atoms with E-state index in [-0.39, 0.29) is 0 Å². The molecule has 0 atom stereocenters. The van der Waals surface area contributed by atoms with Gasteiger partial charge in [-0.1, -0.05) is 0 Å². The molecule has 0 spiro atoms. The quantitative estimate of drug-likeness (QED) is 0.685. The highest BCUT2D eigenvalue weighted by molar-refractivity contribution is 5.57. The van der Waals surface area contributed by atoms with Gasteiger partial charge in [-0.05, 0) is 18.6 Å². The Hall–Kier alpha value is -1.71. The SMILES string of the molecule is COc1cc(C)c(OC=O)c(OC)c1. The molecular formula is C10H12O4. The summed E-state index contributed by atoms with van der Waals surface area (Å²) < 4.78 is 14.9. The Labute approximate surface area is 82.4 Å². The predicted octanol–water partition coefficient (Wildman–Crippen LogP) is 1.55. The molecule has 0 N–H and O–H groups in total. The van der Waals surface area contributed by atoms with Gasteiger partial charge in [0.15, 0.2) is 11.5 Å². The number of aryl methyl sites for hydroxylation is 1. The monoisotopic (exact) mass is 196 g/mol. The Balaban J connectivity index is 3.19. The average Bonchev–Trinajstić information content (AvgIpc) is 2.20. The minimum Gasteiger partial charge on any atom is -0.497 e. The smallest absolute Gasteiger partial charge is 0.298 e. The Morgan fingerprint density at radius 3 is 2.43 bits per heavy atom. The summed E-state index contributed by atoms with van der Waals surface area (Å²) in [5.41, 5.74) is 0.785. The molecule has 0 aliphatic carbocycles. The lowest BCUT2D eigenvalue weighted by Gasteiger charge is -2.10. The molecule has 0 aromatic heterocycles.